The lowest BCUT2D eigenvalue weighted by Crippen LogP contribution is -2.41. The second-order valence-corrected chi connectivity index (χ2v) is 8.17. The molecule has 2 heterocycles. The molecule has 6 heteroatoms. The van der Waals surface area contributed by atoms with Crippen molar-refractivity contribution in [3.63, 3.8) is 0 Å². The van der Waals surface area contributed by atoms with Gasteiger partial charge in [-0.2, -0.15) is 0 Å². The Morgan fingerprint density at radius 3 is 2.84 bits per heavy atom. The molecule has 0 aromatic heterocycles. The van der Waals surface area contributed by atoms with E-state index in [2.05, 4.69) is 15.9 Å². The molecule has 2 aliphatic heterocycles. The molecule has 0 bridgehead atoms. The summed E-state index contributed by atoms with van der Waals surface area (Å²) < 4.78 is 11.3. The summed E-state index contributed by atoms with van der Waals surface area (Å²) in [6.45, 7) is 0. The van der Waals surface area contributed by atoms with E-state index in [0.29, 0.717) is 16.1 Å². The summed E-state index contributed by atoms with van der Waals surface area (Å²) >= 11 is 3.64. The van der Waals surface area contributed by atoms with Gasteiger partial charge < -0.3 is 14.4 Å². The van der Waals surface area contributed by atoms with Crippen LogP contribution < -0.4 is 4.74 Å². The van der Waals surface area contributed by atoms with Crippen molar-refractivity contribution in [2.24, 2.45) is 5.92 Å². The fourth-order valence-electron chi connectivity index (χ4n) is 4.13. The first-order chi connectivity index (χ1) is 12.0. The van der Waals surface area contributed by atoms with Crippen molar-refractivity contribution < 1.29 is 19.1 Å². The fourth-order valence-corrected chi connectivity index (χ4v) is 4.80. The predicted octanol–water partition coefficient (Wildman–Crippen LogP) is 2.99. The van der Waals surface area contributed by atoms with E-state index in [0.717, 1.165) is 24.8 Å². The van der Waals surface area contributed by atoms with Crippen LogP contribution in [-0.4, -0.2) is 41.7 Å². The van der Waals surface area contributed by atoms with Gasteiger partial charge in [0.05, 0.1) is 24.6 Å². The molecule has 1 aromatic rings. The Kier molecular flexibility index (Phi) is 4.10. The number of carbonyl (C=O) groups excluding carboxylic acids is 2. The van der Waals surface area contributed by atoms with Crippen molar-refractivity contribution in [1.82, 2.24) is 4.90 Å². The van der Waals surface area contributed by atoms with Gasteiger partial charge in [-0.15, -0.1) is 0 Å². The van der Waals surface area contributed by atoms with Crippen LogP contribution in [0.2, 0.25) is 0 Å². The zero-order valence-electron chi connectivity index (χ0n) is 14.2. The van der Waals surface area contributed by atoms with Gasteiger partial charge in [0, 0.05) is 11.9 Å². The summed E-state index contributed by atoms with van der Waals surface area (Å²) in [6, 6.07) is 7.10. The van der Waals surface area contributed by atoms with Crippen molar-refractivity contribution >= 4 is 27.6 Å². The third-order valence-corrected chi connectivity index (χ3v) is 6.26. The third kappa shape index (κ3) is 2.58. The number of rotatable bonds is 2. The van der Waals surface area contributed by atoms with Gasteiger partial charge in [0.15, 0.2) is 11.5 Å². The van der Waals surface area contributed by atoms with Crippen molar-refractivity contribution in [3.05, 3.63) is 41.2 Å². The van der Waals surface area contributed by atoms with E-state index in [9.17, 15) is 9.59 Å². The highest BCUT2D eigenvalue weighted by Gasteiger charge is 2.51. The topological polar surface area (TPSA) is 55.8 Å². The highest BCUT2D eigenvalue weighted by atomic mass is 79.9. The smallest absolute Gasteiger partial charge is 0.289 e. The van der Waals surface area contributed by atoms with Crippen LogP contribution >= 0.6 is 15.9 Å². The van der Waals surface area contributed by atoms with Crippen LogP contribution in [0.5, 0.6) is 5.75 Å². The minimum absolute atomic E-state index is 0.0564. The highest BCUT2D eigenvalue weighted by molar-refractivity contribution is 9.09. The second kappa shape index (κ2) is 6.16. The number of nitrogens with zero attached hydrogens (tertiary/aromatic N) is 1. The highest BCUT2D eigenvalue weighted by Crippen LogP contribution is 2.47. The molecule has 0 saturated heterocycles. The van der Waals surface area contributed by atoms with Gasteiger partial charge in [-0.25, -0.2) is 0 Å². The first-order valence-electron chi connectivity index (χ1n) is 8.51. The zero-order chi connectivity index (χ0) is 17.7. The molecule has 0 N–H and O–H groups in total. The van der Waals surface area contributed by atoms with E-state index in [1.807, 2.05) is 24.3 Å². The average molecular weight is 406 g/mol. The molecule has 4 unspecified atom stereocenters. The largest absolute Gasteiger partial charge is 0.497 e. The van der Waals surface area contributed by atoms with Gasteiger partial charge in [-0.1, -0.05) is 28.1 Å². The lowest BCUT2D eigenvalue weighted by atomic mass is 9.77. The second-order valence-electron chi connectivity index (χ2n) is 6.88. The van der Waals surface area contributed by atoms with Crippen LogP contribution in [0.15, 0.2) is 35.6 Å². The molecule has 1 amide bonds. The van der Waals surface area contributed by atoms with E-state index in [1.165, 1.54) is 0 Å². The number of carbonyl (C=O) groups is 2. The van der Waals surface area contributed by atoms with Crippen molar-refractivity contribution in [2.45, 2.75) is 36.2 Å². The summed E-state index contributed by atoms with van der Waals surface area (Å²) in [6.07, 6.45) is 2.33. The molecule has 4 rings (SSSR count). The molecule has 1 saturated carbocycles. The monoisotopic (exact) mass is 405 g/mol. The molecule has 0 spiro atoms. The Morgan fingerprint density at radius 2 is 2.08 bits per heavy atom. The molecule has 1 fully saturated rings. The number of hydrogen-bond donors (Lipinski definition) is 0. The van der Waals surface area contributed by atoms with Crippen LogP contribution in [-0.2, 0) is 14.3 Å². The Morgan fingerprint density at radius 1 is 1.28 bits per heavy atom. The summed E-state index contributed by atoms with van der Waals surface area (Å²) in [5, 5.41) is 0. The quantitative estimate of drug-likeness (QED) is 0.709. The lowest BCUT2D eigenvalue weighted by Gasteiger charge is -2.37. The summed E-state index contributed by atoms with van der Waals surface area (Å²) in [4.78, 5) is 27.9. The van der Waals surface area contributed by atoms with Gasteiger partial charge in [-0.05, 0) is 37.0 Å². The van der Waals surface area contributed by atoms with E-state index in [1.54, 1.807) is 19.1 Å². The maximum absolute atomic E-state index is 13.2. The van der Waals surface area contributed by atoms with E-state index < -0.39 is 6.04 Å². The Balaban J connectivity index is 1.77. The first kappa shape index (κ1) is 16.6. The number of fused-ring (bicyclic) bond motifs is 1. The summed E-state index contributed by atoms with van der Waals surface area (Å²) in [5.74, 6) is 0.614. The number of ketones is 1. The fraction of sp³-hybridized carbons (Fsp3) is 0.474. The van der Waals surface area contributed by atoms with Gasteiger partial charge in [-0.3, -0.25) is 9.59 Å². The number of benzene rings is 1. The minimum Gasteiger partial charge on any atom is -0.497 e. The third-order valence-electron chi connectivity index (χ3n) is 5.42. The van der Waals surface area contributed by atoms with Gasteiger partial charge in [0.2, 0.25) is 0 Å². The molecular formula is C19H20BrNO4. The Labute approximate surface area is 155 Å². The number of methoxy groups -OCH3 is 1. The number of ether oxygens (including phenoxy) is 2. The molecule has 5 nitrogen and oxygen atoms in total. The summed E-state index contributed by atoms with van der Waals surface area (Å²) in [7, 11) is 3.32. The zero-order valence-corrected chi connectivity index (χ0v) is 15.8. The van der Waals surface area contributed by atoms with E-state index in [-0.39, 0.29) is 29.5 Å². The Bertz CT molecular complexity index is 774. The van der Waals surface area contributed by atoms with E-state index >= 15 is 0 Å². The van der Waals surface area contributed by atoms with Crippen molar-refractivity contribution in [2.75, 3.05) is 14.2 Å². The van der Waals surface area contributed by atoms with Crippen LogP contribution in [0.25, 0.3) is 0 Å². The molecule has 3 aliphatic rings. The predicted molar refractivity (Wildman–Crippen MR) is 95.5 cm³/mol. The van der Waals surface area contributed by atoms with Gasteiger partial charge in [0.25, 0.3) is 5.91 Å². The number of likely N-dealkylation sites (N-methyl/N-ethyl adjacent to an activating group) is 1. The molecule has 1 aromatic carbocycles. The molecule has 0 radical (unpaired) electrons. The Hall–Kier alpha value is -1.82. The van der Waals surface area contributed by atoms with Crippen molar-refractivity contribution in [3.8, 4) is 5.75 Å². The number of Topliss-reactive ketones (excluding diaryl/α,β-unsaturated/α-hetero) is 1. The van der Waals surface area contributed by atoms with Crippen molar-refractivity contribution in [1.29, 1.82) is 0 Å². The molecule has 4 atom stereocenters. The minimum atomic E-state index is -0.415. The maximum Gasteiger partial charge on any atom is 0.289 e. The standard InChI is InChI=1S/C19H20BrNO4/c1-21-16(10-4-3-5-12(8-10)24-2)15-17(22)13-9-11(20)6-7-14(13)25-18(15)19(21)23/h3-5,8,11,13-14,16H,6-7,9H2,1-2H3. The summed E-state index contributed by atoms with van der Waals surface area (Å²) in [5.41, 5.74) is 1.37. The average Bonchev–Trinajstić information content (AvgIpc) is 2.87. The molecular weight excluding hydrogens is 386 g/mol. The van der Waals surface area contributed by atoms with Gasteiger partial charge in [0.1, 0.15) is 11.9 Å². The number of amides is 1. The SMILES string of the molecule is COc1cccc(C2C3=C(OC4CCC(Br)CC4C3=O)C(=O)N2C)c1. The van der Waals surface area contributed by atoms with Gasteiger partial charge >= 0.3 is 0 Å². The first-order valence-corrected chi connectivity index (χ1v) is 9.43. The van der Waals surface area contributed by atoms with E-state index in [4.69, 9.17) is 9.47 Å². The maximum atomic E-state index is 13.2. The normalized spacial score (nSPS) is 31.6. The van der Waals surface area contributed by atoms with Crippen LogP contribution in [0.3, 0.4) is 0 Å². The van der Waals surface area contributed by atoms with Crippen LogP contribution in [0.1, 0.15) is 30.9 Å². The lowest BCUT2D eigenvalue weighted by molar-refractivity contribution is -0.134. The molecule has 25 heavy (non-hydrogen) atoms. The molecule has 132 valence electrons. The number of hydrogen-bond acceptors (Lipinski definition) is 4. The van der Waals surface area contributed by atoms with Crippen LogP contribution in [0, 0.1) is 5.92 Å². The van der Waals surface area contributed by atoms with Crippen LogP contribution in [0.4, 0.5) is 0 Å². The number of alkyl halides is 1. The number of halogens is 1. The molecule has 1 aliphatic carbocycles.